The van der Waals surface area contributed by atoms with E-state index in [9.17, 15) is 19.2 Å². The lowest BCUT2D eigenvalue weighted by molar-refractivity contribution is -0.144. The van der Waals surface area contributed by atoms with Crippen molar-refractivity contribution in [3.63, 3.8) is 0 Å². The van der Waals surface area contributed by atoms with Crippen molar-refractivity contribution in [1.29, 1.82) is 0 Å². The van der Waals surface area contributed by atoms with Crippen LogP contribution in [-0.4, -0.2) is 47.0 Å². The summed E-state index contributed by atoms with van der Waals surface area (Å²) in [4.78, 5) is 45.7. The van der Waals surface area contributed by atoms with Crippen molar-refractivity contribution in [1.82, 2.24) is 5.32 Å². The van der Waals surface area contributed by atoms with Crippen molar-refractivity contribution < 1.29 is 29.0 Å². The number of ketones is 1. The van der Waals surface area contributed by atoms with Gasteiger partial charge in [-0.2, -0.15) is 11.8 Å². The van der Waals surface area contributed by atoms with Crippen molar-refractivity contribution in [2.45, 2.75) is 19.8 Å². The van der Waals surface area contributed by atoms with Gasteiger partial charge in [-0.15, -0.1) is 0 Å². The number of nitrogens with one attached hydrogen (secondary N) is 1. The van der Waals surface area contributed by atoms with Gasteiger partial charge in [0.25, 0.3) is 0 Å². The van der Waals surface area contributed by atoms with Crippen LogP contribution in [0.3, 0.4) is 0 Å². The Bertz CT molecular complexity index is 649. The van der Waals surface area contributed by atoms with Crippen LogP contribution in [0.2, 0.25) is 0 Å². The second-order valence-corrected chi connectivity index (χ2v) is 7.45. The molecular formula is C17H20BrNO6S. The molecule has 0 saturated heterocycles. The van der Waals surface area contributed by atoms with E-state index in [-0.39, 0.29) is 31.3 Å². The first-order valence-corrected chi connectivity index (χ1v) is 9.73. The highest BCUT2D eigenvalue weighted by Gasteiger charge is 2.23. The van der Waals surface area contributed by atoms with Gasteiger partial charge in [0.05, 0.1) is 12.8 Å². The molecule has 1 rings (SSSR count). The predicted octanol–water partition coefficient (Wildman–Crippen LogP) is 2.48. The van der Waals surface area contributed by atoms with Gasteiger partial charge in [0.2, 0.25) is 5.91 Å². The Balaban J connectivity index is 2.46. The second-order valence-electron chi connectivity index (χ2n) is 5.38. The van der Waals surface area contributed by atoms with E-state index in [4.69, 9.17) is 9.84 Å². The molecule has 0 bridgehead atoms. The zero-order valence-electron chi connectivity index (χ0n) is 14.2. The summed E-state index contributed by atoms with van der Waals surface area (Å²) in [5.41, 5.74) is 0.453. The Morgan fingerprint density at radius 3 is 2.46 bits per heavy atom. The van der Waals surface area contributed by atoms with Crippen molar-refractivity contribution >= 4 is 51.3 Å². The molecule has 1 aromatic rings. The minimum atomic E-state index is -1.05. The van der Waals surface area contributed by atoms with Crippen molar-refractivity contribution in [2.75, 3.05) is 18.2 Å². The highest BCUT2D eigenvalue weighted by Crippen LogP contribution is 2.20. The van der Waals surface area contributed by atoms with E-state index < -0.39 is 17.9 Å². The number of carboxylic acids is 1. The molecule has 9 heteroatoms. The Kier molecular flexibility index (Phi) is 9.97. The number of ether oxygens (including phenoxy) is 1. The third kappa shape index (κ3) is 9.00. The Morgan fingerprint density at radius 1 is 1.23 bits per heavy atom. The topological polar surface area (TPSA) is 110 Å². The number of thioether (sulfide) groups is 1. The maximum atomic E-state index is 12.5. The number of amides is 1. The number of hydrogen-bond donors (Lipinski definition) is 2. The molecular weight excluding hydrogens is 426 g/mol. The lowest BCUT2D eigenvalue weighted by Crippen LogP contribution is -2.25. The Hall–Kier alpha value is -1.87. The van der Waals surface area contributed by atoms with Gasteiger partial charge in [0, 0.05) is 34.4 Å². The molecule has 1 atom stereocenters. The van der Waals surface area contributed by atoms with E-state index in [0.29, 0.717) is 17.1 Å². The maximum absolute atomic E-state index is 12.5. The summed E-state index contributed by atoms with van der Waals surface area (Å²) < 4.78 is 5.63. The van der Waals surface area contributed by atoms with Crippen molar-refractivity contribution in [2.24, 2.45) is 5.92 Å². The van der Waals surface area contributed by atoms with E-state index in [1.54, 1.807) is 24.3 Å². The molecule has 0 saturated carbocycles. The zero-order chi connectivity index (χ0) is 19.5. The van der Waals surface area contributed by atoms with E-state index in [1.165, 1.54) is 18.7 Å². The number of rotatable bonds is 11. The summed E-state index contributed by atoms with van der Waals surface area (Å²) in [7, 11) is 0. The van der Waals surface area contributed by atoms with Crippen LogP contribution in [0.25, 0.3) is 0 Å². The zero-order valence-corrected chi connectivity index (χ0v) is 16.6. The van der Waals surface area contributed by atoms with E-state index >= 15 is 0 Å². The molecule has 0 spiro atoms. The number of carbonyl (C=O) groups is 4. The molecule has 2 N–H and O–H groups in total. The van der Waals surface area contributed by atoms with Crippen LogP contribution in [0.4, 0.5) is 0 Å². The van der Waals surface area contributed by atoms with Crippen LogP contribution in [0.15, 0.2) is 28.7 Å². The third-order valence-corrected chi connectivity index (χ3v) is 4.90. The highest BCUT2D eigenvalue weighted by atomic mass is 79.9. The van der Waals surface area contributed by atoms with Crippen LogP contribution in [0.1, 0.15) is 30.1 Å². The molecule has 0 unspecified atom stereocenters. The third-order valence-electron chi connectivity index (χ3n) is 3.24. The SMILES string of the molecule is CC(=O)NCOC(=O)CCSC[C@H](CC(=O)O)C(=O)c1ccc(Br)cc1. The lowest BCUT2D eigenvalue weighted by atomic mass is 9.96. The van der Waals surface area contributed by atoms with E-state index in [1.807, 2.05) is 0 Å². The van der Waals surface area contributed by atoms with Gasteiger partial charge in [0.15, 0.2) is 12.5 Å². The molecule has 0 aliphatic carbocycles. The van der Waals surface area contributed by atoms with Gasteiger partial charge in [-0.1, -0.05) is 28.1 Å². The normalized spacial score (nSPS) is 11.5. The maximum Gasteiger partial charge on any atom is 0.308 e. The molecule has 0 aliphatic rings. The van der Waals surface area contributed by atoms with Crippen LogP contribution >= 0.6 is 27.7 Å². The van der Waals surface area contributed by atoms with Crippen LogP contribution in [0.5, 0.6) is 0 Å². The summed E-state index contributed by atoms with van der Waals surface area (Å²) in [6.45, 7) is 1.14. The van der Waals surface area contributed by atoms with Gasteiger partial charge in [-0.3, -0.25) is 19.2 Å². The first kappa shape index (κ1) is 22.2. The van der Waals surface area contributed by atoms with Gasteiger partial charge in [-0.05, 0) is 12.1 Å². The molecule has 1 amide bonds. The Labute approximate surface area is 164 Å². The molecule has 7 nitrogen and oxygen atoms in total. The van der Waals surface area contributed by atoms with Crippen molar-refractivity contribution in [3.8, 4) is 0 Å². The molecule has 0 heterocycles. The predicted molar refractivity (Wildman–Crippen MR) is 101 cm³/mol. The number of carboxylic acid groups (broad SMARTS) is 1. The smallest absolute Gasteiger partial charge is 0.308 e. The molecule has 0 aromatic heterocycles. The molecule has 0 aliphatic heterocycles. The number of halogens is 1. The summed E-state index contributed by atoms with van der Waals surface area (Å²) in [6.07, 6.45) is -0.161. The molecule has 142 valence electrons. The van der Waals surface area contributed by atoms with Crippen LogP contribution in [0, 0.1) is 5.92 Å². The molecule has 0 fully saturated rings. The molecule has 0 radical (unpaired) electrons. The summed E-state index contributed by atoms with van der Waals surface area (Å²) in [6, 6.07) is 6.74. The second kappa shape index (κ2) is 11.7. The summed E-state index contributed by atoms with van der Waals surface area (Å²) in [5, 5.41) is 11.4. The quantitative estimate of drug-likeness (QED) is 0.233. The average Bonchev–Trinajstić information content (AvgIpc) is 2.57. The fourth-order valence-electron chi connectivity index (χ4n) is 1.96. The van der Waals surface area contributed by atoms with E-state index in [0.717, 1.165) is 4.47 Å². The van der Waals surface area contributed by atoms with Gasteiger partial charge < -0.3 is 15.2 Å². The van der Waals surface area contributed by atoms with Crippen LogP contribution < -0.4 is 5.32 Å². The first-order valence-electron chi connectivity index (χ1n) is 7.79. The fourth-order valence-corrected chi connectivity index (χ4v) is 3.26. The number of esters is 1. The molecule has 26 heavy (non-hydrogen) atoms. The number of aliphatic carboxylic acids is 1. The summed E-state index contributed by atoms with van der Waals surface area (Å²) in [5.74, 6) is -2.04. The first-order chi connectivity index (χ1) is 12.3. The summed E-state index contributed by atoms with van der Waals surface area (Å²) >= 11 is 4.60. The Morgan fingerprint density at radius 2 is 1.88 bits per heavy atom. The minimum absolute atomic E-state index is 0.108. The minimum Gasteiger partial charge on any atom is -0.481 e. The largest absolute Gasteiger partial charge is 0.481 e. The van der Waals surface area contributed by atoms with Crippen molar-refractivity contribution in [3.05, 3.63) is 34.3 Å². The number of benzene rings is 1. The van der Waals surface area contributed by atoms with E-state index in [2.05, 4.69) is 21.2 Å². The standard InChI is InChI=1S/C17H20BrNO6S/c1-11(20)19-10-25-16(23)6-7-26-9-13(8-15(21)22)17(24)12-2-4-14(18)5-3-12/h2-5,13H,6-10H2,1H3,(H,19,20)(H,21,22)/t13-/m0/s1. The fraction of sp³-hybridized carbons (Fsp3) is 0.412. The van der Waals surface area contributed by atoms with Crippen LogP contribution in [-0.2, 0) is 19.1 Å². The van der Waals surface area contributed by atoms with Gasteiger partial charge in [-0.25, -0.2) is 0 Å². The van der Waals surface area contributed by atoms with Gasteiger partial charge in [0.1, 0.15) is 0 Å². The number of hydrogen-bond acceptors (Lipinski definition) is 6. The lowest BCUT2D eigenvalue weighted by Gasteiger charge is -2.13. The monoisotopic (exact) mass is 445 g/mol. The highest BCUT2D eigenvalue weighted by molar-refractivity contribution is 9.10. The molecule has 1 aromatic carbocycles. The number of carbonyl (C=O) groups excluding carboxylic acids is 3. The number of Topliss-reactive ketones (excluding diaryl/α,β-unsaturated/α-hetero) is 1. The average molecular weight is 446 g/mol. The van der Waals surface area contributed by atoms with Gasteiger partial charge >= 0.3 is 11.9 Å².